The van der Waals surface area contributed by atoms with Crippen LogP contribution < -0.4 is 5.32 Å². The highest BCUT2D eigenvalue weighted by molar-refractivity contribution is 5.77. The number of aliphatic hydroxyl groups excluding tert-OH is 2. The molecule has 6 nitrogen and oxygen atoms in total. The number of hydrogen-bond donors (Lipinski definition) is 3. The maximum Gasteiger partial charge on any atom is 0.306 e. The van der Waals surface area contributed by atoms with Crippen LogP contribution in [-0.4, -0.2) is 46.9 Å². The minimum atomic E-state index is -0.785. The summed E-state index contributed by atoms with van der Waals surface area (Å²) >= 11 is 0. The summed E-state index contributed by atoms with van der Waals surface area (Å²) in [4.78, 5) is 26.3. The molecular weight excluding hydrogens is 815 g/mol. The lowest BCUT2D eigenvalue weighted by atomic mass is 10.0. The van der Waals surface area contributed by atoms with Gasteiger partial charge in [-0.15, -0.1) is 0 Å². The summed E-state index contributed by atoms with van der Waals surface area (Å²) in [6.45, 7) is 6.52. The molecule has 3 N–H and O–H groups in total. The van der Waals surface area contributed by atoms with Gasteiger partial charge in [-0.3, -0.25) is 9.59 Å². The van der Waals surface area contributed by atoms with E-state index < -0.39 is 18.2 Å². The number of carbonyl (C=O) groups is 2. The van der Waals surface area contributed by atoms with Gasteiger partial charge in [0.05, 0.1) is 25.2 Å². The standard InChI is InChI=1S/C60H117NO5/c1-4-7-10-13-16-19-22-25-27-28-29-30-32-35-38-41-44-47-50-53-60(65)66-56(51-48-45-42-39-36-34-31-26-23-20-17-14-11-8-5-2)54-59(64)61-57(55-62)58(63)52-49-46-43-40-37-33-24-21-18-15-12-9-6-3/h26,31,56-58,62-63H,4-25,27-30,32-55H2,1-3H3,(H,61,64)/b31-26+. The molecule has 0 radical (unpaired) electrons. The number of ether oxygens (including phenoxy) is 1. The smallest absolute Gasteiger partial charge is 0.306 e. The van der Waals surface area contributed by atoms with Crippen LogP contribution in [-0.2, 0) is 14.3 Å². The van der Waals surface area contributed by atoms with Crippen molar-refractivity contribution in [1.82, 2.24) is 5.32 Å². The third-order valence-electron chi connectivity index (χ3n) is 14.1. The normalized spacial score (nSPS) is 13.1. The fourth-order valence-corrected chi connectivity index (χ4v) is 9.55. The molecule has 0 aliphatic heterocycles. The van der Waals surface area contributed by atoms with E-state index in [2.05, 4.69) is 38.2 Å². The first-order valence-corrected chi connectivity index (χ1v) is 29.9. The molecular formula is C60H117NO5. The average Bonchev–Trinajstić information content (AvgIpc) is 3.31. The molecule has 0 bridgehead atoms. The molecule has 0 aromatic rings. The summed E-state index contributed by atoms with van der Waals surface area (Å²) in [5.41, 5.74) is 0. The lowest BCUT2D eigenvalue weighted by Crippen LogP contribution is -2.46. The second-order valence-corrected chi connectivity index (χ2v) is 20.8. The van der Waals surface area contributed by atoms with E-state index in [0.717, 1.165) is 57.8 Å². The van der Waals surface area contributed by atoms with Crippen LogP contribution in [0, 0.1) is 0 Å². The number of unbranched alkanes of at least 4 members (excludes halogenated alkanes) is 41. The Morgan fingerprint density at radius 2 is 0.727 bits per heavy atom. The van der Waals surface area contributed by atoms with Gasteiger partial charge in [0, 0.05) is 6.42 Å². The number of amides is 1. The van der Waals surface area contributed by atoms with Gasteiger partial charge < -0.3 is 20.3 Å². The van der Waals surface area contributed by atoms with Crippen molar-refractivity contribution in [2.45, 2.75) is 354 Å². The molecule has 3 atom stereocenters. The maximum atomic E-state index is 13.3. The first kappa shape index (κ1) is 64.6. The quantitative estimate of drug-likeness (QED) is 0.0321. The predicted octanol–water partition coefficient (Wildman–Crippen LogP) is 18.5. The highest BCUT2D eigenvalue weighted by Crippen LogP contribution is 2.19. The number of esters is 1. The maximum absolute atomic E-state index is 13.3. The lowest BCUT2D eigenvalue weighted by Gasteiger charge is -2.24. The number of hydrogen-bond acceptors (Lipinski definition) is 5. The molecule has 1 amide bonds. The first-order valence-electron chi connectivity index (χ1n) is 29.9. The number of nitrogens with one attached hydrogen (secondary N) is 1. The van der Waals surface area contributed by atoms with Crippen LogP contribution in [0.4, 0.5) is 0 Å². The van der Waals surface area contributed by atoms with Gasteiger partial charge in [0.2, 0.25) is 5.91 Å². The molecule has 0 aromatic heterocycles. The minimum absolute atomic E-state index is 0.0797. The van der Waals surface area contributed by atoms with Gasteiger partial charge in [0.15, 0.2) is 0 Å². The van der Waals surface area contributed by atoms with E-state index in [1.54, 1.807) is 0 Å². The van der Waals surface area contributed by atoms with Crippen molar-refractivity contribution in [1.29, 1.82) is 0 Å². The van der Waals surface area contributed by atoms with E-state index in [-0.39, 0.29) is 24.9 Å². The van der Waals surface area contributed by atoms with Gasteiger partial charge in [0.1, 0.15) is 6.10 Å². The Hall–Kier alpha value is -1.40. The van der Waals surface area contributed by atoms with Crippen molar-refractivity contribution in [2.24, 2.45) is 0 Å². The van der Waals surface area contributed by atoms with Gasteiger partial charge in [-0.05, 0) is 51.4 Å². The molecule has 0 saturated heterocycles. The average molecular weight is 933 g/mol. The van der Waals surface area contributed by atoms with Crippen LogP contribution in [0.2, 0.25) is 0 Å². The Balaban J connectivity index is 4.48. The molecule has 0 spiro atoms. The molecule has 0 rings (SSSR count). The first-order chi connectivity index (χ1) is 32.5. The van der Waals surface area contributed by atoms with E-state index in [1.165, 1.54) is 231 Å². The Morgan fingerprint density at radius 3 is 1.08 bits per heavy atom. The summed E-state index contributed by atoms with van der Waals surface area (Å²) in [7, 11) is 0. The van der Waals surface area contributed by atoms with Crippen LogP contribution in [0.25, 0.3) is 0 Å². The number of allylic oxidation sites excluding steroid dienone is 2. The number of rotatable bonds is 55. The monoisotopic (exact) mass is 932 g/mol. The molecule has 0 fully saturated rings. The van der Waals surface area contributed by atoms with Crippen molar-refractivity contribution in [2.75, 3.05) is 6.61 Å². The van der Waals surface area contributed by atoms with Gasteiger partial charge in [0.25, 0.3) is 0 Å². The van der Waals surface area contributed by atoms with Crippen molar-refractivity contribution >= 4 is 11.9 Å². The van der Waals surface area contributed by atoms with Gasteiger partial charge in [-0.2, -0.15) is 0 Å². The van der Waals surface area contributed by atoms with Gasteiger partial charge in [-0.1, -0.05) is 283 Å². The lowest BCUT2D eigenvalue weighted by molar-refractivity contribution is -0.151. The van der Waals surface area contributed by atoms with Crippen molar-refractivity contribution in [3.05, 3.63) is 12.2 Å². The second kappa shape index (κ2) is 54.5. The molecule has 3 unspecified atom stereocenters. The molecule has 0 aliphatic rings. The predicted molar refractivity (Wildman–Crippen MR) is 287 cm³/mol. The topological polar surface area (TPSA) is 95.9 Å². The van der Waals surface area contributed by atoms with Crippen LogP contribution in [0.1, 0.15) is 335 Å². The zero-order valence-electron chi connectivity index (χ0n) is 44.9. The minimum Gasteiger partial charge on any atom is -0.462 e. The Kier molecular flexibility index (Phi) is 53.4. The largest absolute Gasteiger partial charge is 0.462 e. The van der Waals surface area contributed by atoms with E-state index in [9.17, 15) is 19.8 Å². The van der Waals surface area contributed by atoms with Crippen LogP contribution in [0.5, 0.6) is 0 Å². The number of carbonyl (C=O) groups excluding carboxylic acids is 2. The SMILES string of the molecule is CCCCCCCC/C=C/CCCCCCCC(CC(=O)NC(CO)C(O)CCCCCCCCCCCCCCC)OC(=O)CCCCCCCCCCCCCCCCCCCCC. The Labute approximate surface area is 412 Å². The molecule has 66 heavy (non-hydrogen) atoms. The summed E-state index contributed by atoms with van der Waals surface area (Å²) in [6.07, 6.45) is 62.8. The fraction of sp³-hybridized carbons (Fsp3) is 0.933. The van der Waals surface area contributed by atoms with Crippen molar-refractivity contribution in [3.63, 3.8) is 0 Å². The highest BCUT2D eigenvalue weighted by atomic mass is 16.5. The molecule has 0 aromatic carbocycles. The molecule has 0 aliphatic carbocycles. The van der Waals surface area contributed by atoms with Crippen LogP contribution >= 0.6 is 0 Å². The van der Waals surface area contributed by atoms with E-state index in [4.69, 9.17) is 4.74 Å². The van der Waals surface area contributed by atoms with Crippen LogP contribution in [0.15, 0.2) is 12.2 Å². The van der Waals surface area contributed by atoms with E-state index in [1.807, 2.05) is 0 Å². The summed E-state index contributed by atoms with van der Waals surface area (Å²) in [6, 6.07) is -0.699. The molecule has 392 valence electrons. The zero-order valence-corrected chi connectivity index (χ0v) is 44.9. The fourth-order valence-electron chi connectivity index (χ4n) is 9.55. The van der Waals surface area contributed by atoms with Crippen molar-refractivity contribution < 1.29 is 24.5 Å². The molecule has 0 heterocycles. The van der Waals surface area contributed by atoms with E-state index >= 15 is 0 Å². The molecule has 0 saturated carbocycles. The number of aliphatic hydroxyl groups is 2. The zero-order chi connectivity index (χ0) is 48.1. The van der Waals surface area contributed by atoms with Gasteiger partial charge >= 0.3 is 5.97 Å². The second-order valence-electron chi connectivity index (χ2n) is 20.8. The van der Waals surface area contributed by atoms with Crippen LogP contribution in [0.3, 0.4) is 0 Å². The Morgan fingerprint density at radius 1 is 0.424 bits per heavy atom. The summed E-state index contributed by atoms with van der Waals surface area (Å²) in [5.74, 6) is -0.457. The van der Waals surface area contributed by atoms with Crippen molar-refractivity contribution in [3.8, 4) is 0 Å². The molecule has 6 heteroatoms. The third kappa shape index (κ3) is 49.0. The van der Waals surface area contributed by atoms with E-state index in [0.29, 0.717) is 19.3 Å². The highest BCUT2D eigenvalue weighted by Gasteiger charge is 2.24. The summed E-state index contributed by atoms with van der Waals surface area (Å²) < 4.78 is 5.97. The Bertz CT molecular complexity index is 1000. The summed E-state index contributed by atoms with van der Waals surface area (Å²) in [5, 5.41) is 23.9. The van der Waals surface area contributed by atoms with Gasteiger partial charge in [-0.25, -0.2) is 0 Å². The third-order valence-corrected chi connectivity index (χ3v) is 14.1.